The summed E-state index contributed by atoms with van der Waals surface area (Å²) in [6.45, 7) is 2.13. The van der Waals surface area contributed by atoms with Crippen LogP contribution in [0.5, 0.6) is 5.75 Å². The molecular weight excluding hydrogens is 364 g/mol. The van der Waals surface area contributed by atoms with Crippen LogP contribution in [0.3, 0.4) is 0 Å². The summed E-state index contributed by atoms with van der Waals surface area (Å²) >= 11 is 1.55. The van der Waals surface area contributed by atoms with Crippen molar-refractivity contribution < 1.29 is 24.4 Å². The van der Waals surface area contributed by atoms with E-state index in [1.807, 2.05) is 61.5 Å². The Labute approximate surface area is 164 Å². The molecule has 1 aliphatic heterocycles. The Morgan fingerprint density at radius 2 is 1.78 bits per heavy atom. The standard InChI is InChI=1S/C21H26O5S/c1-14-19(23)18(12-22)26-21(27-17-6-4-3-5-7-17)20(14)25-13-15-8-10-16(24-2)11-9-15/h3-11,14,18-23H,12-13H2,1-2H3/t14-,18?,19-,20?,21-/m0/s1. The molecule has 1 heterocycles. The number of benzene rings is 2. The predicted octanol–water partition coefficient (Wildman–Crippen LogP) is 3.09. The predicted molar refractivity (Wildman–Crippen MR) is 105 cm³/mol. The molecule has 0 spiro atoms. The van der Waals surface area contributed by atoms with Crippen LogP contribution in [0.4, 0.5) is 0 Å². The lowest BCUT2D eigenvalue weighted by Gasteiger charge is -2.42. The summed E-state index contributed by atoms with van der Waals surface area (Å²) < 4.78 is 17.3. The first kappa shape index (κ1) is 20.2. The van der Waals surface area contributed by atoms with Crippen LogP contribution in [-0.2, 0) is 16.1 Å². The van der Waals surface area contributed by atoms with Crippen LogP contribution >= 0.6 is 11.8 Å². The van der Waals surface area contributed by atoms with Gasteiger partial charge in [-0.15, -0.1) is 0 Å². The molecule has 3 rings (SSSR count). The minimum Gasteiger partial charge on any atom is -0.497 e. The van der Waals surface area contributed by atoms with E-state index >= 15 is 0 Å². The van der Waals surface area contributed by atoms with E-state index in [9.17, 15) is 10.2 Å². The first-order valence-corrected chi connectivity index (χ1v) is 9.91. The van der Waals surface area contributed by atoms with Crippen molar-refractivity contribution in [1.29, 1.82) is 0 Å². The van der Waals surface area contributed by atoms with Gasteiger partial charge in [-0.05, 0) is 29.8 Å². The lowest BCUT2D eigenvalue weighted by atomic mass is 9.91. The molecule has 146 valence electrons. The molecule has 0 bridgehead atoms. The molecule has 5 atom stereocenters. The van der Waals surface area contributed by atoms with E-state index in [0.717, 1.165) is 16.2 Å². The van der Waals surface area contributed by atoms with Gasteiger partial charge in [-0.1, -0.05) is 49.0 Å². The maximum absolute atomic E-state index is 10.5. The molecule has 2 aromatic carbocycles. The minimum absolute atomic E-state index is 0.171. The second kappa shape index (κ2) is 9.57. The van der Waals surface area contributed by atoms with Crippen LogP contribution < -0.4 is 4.74 Å². The minimum atomic E-state index is -0.775. The van der Waals surface area contributed by atoms with Crippen LogP contribution in [0.25, 0.3) is 0 Å². The van der Waals surface area contributed by atoms with Gasteiger partial charge in [-0.3, -0.25) is 0 Å². The number of methoxy groups -OCH3 is 1. The summed E-state index contributed by atoms with van der Waals surface area (Å²) in [5.41, 5.74) is 0.700. The van der Waals surface area contributed by atoms with Crippen LogP contribution in [0, 0.1) is 5.92 Å². The van der Waals surface area contributed by atoms with Crippen molar-refractivity contribution in [2.45, 2.75) is 42.2 Å². The van der Waals surface area contributed by atoms with Gasteiger partial charge >= 0.3 is 0 Å². The third kappa shape index (κ3) is 5.03. The molecule has 0 aromatic heterocycles. The Hall–Kier alpha value is -1.57. The average Bonchev–Trinajstić information content (AvgIpc) is 2.71. The first-order valence-electron chi connectivity index (χ1n) is 9.03. The highest BCUT2D eigenvalue weighted by Crippen LogP contribution is 2.37. The maximum atomic E-state index is 10.5. The molecule has 2 unspecified atom stereocenters. The third-order valence-corrected chi connectivity index (χ3v) is 5.95. The second-order valence-electron chi connectivity index (χ2n) is 6.63. The van der Waals surface area contributed by atoms with Gasteiger partial charge in [-0.25, -0.2) is 0 Å². The number of hydrogen-bond acceptors (Lipinski definition) is 6. The van der Waals surface area contributed by atoms with Gasteiger partial charge in [0.05, 0.1) is 32.5 Å². The molecule has 2 N–H and O–H groups in total. The summed E-state index contributed by atoms with van der Waals surface area (Å²) in [7, 11) is 1.64. The summed E-state index contributed by atoms with van der Waals surface area (Å²) in [6, 6.07) is 17.6. The normalized spacial score (nSPS) is 28.1. The van der Waals surface area contributed by atoms with Gasteiger partial charge in [0.25, 0.3) is 0 Å². The fourth-order valence-corrected chi connectivity index (χ4v) is 4.38. The quantitative estimate of drug-likeness (QED) is 0.757. The lowest BCUT2D eigenvalue weighted by Crippen LogP contribution is -2.54. The molecule has 0 amide bonds. The Kier molecular flexibility index (Phi) is 7.15. The van der Waals surface area contributed by atoms with Crippen LogP contribution in [-0.4, -0.2) is 47.7 Å². The highest BCUT2D eigenvalue weighted by Gasteiger charge is 2.43. The van der Waals surface area contributed by atoms with E-state index in [-0.39, 0.29) is 24.1 Å². The second-order valence-corrected chi connectivity index (χ2v) is 7.80. The van der Waals surface area contributed by atoms with Crippen molar-refractivity contribution in [3.63, 3.8) is 0 Å². The van der Waals surface area contributed by atoms with Crippen molar-refractivity contribution in [1.82, 2.24) is 0 Å². The molecule has 2 aromatic rings. The number of aliphatic hydroxyl groups excluding tert-OH is 2. The van der Waals surface area contributed by atoms with E-state index in [4.69, 9.17) is 14.2 Å². The van der Waals surface area contributed by atoms with E-state index < -0.39 is 12.2 Å². The Bertz CT molecular complexity index is 693. The average molecular weight is 391 g/mol. The van der Waals surface area contributed by atoms with Crippen LogP contribution in [0.1, 0.15) is 12.5 Å². The first-order chi connectivity index (χ1) is 13.1. The summed E-state index contributed by atoms with van der Waals surface area (Å²) in [5, 5.41) is 20.0. The summed E-state index contributed by atoms with van der Waals surface area (Å²) in [4.78, 5) is 1.06. The highest BCUT2D eigenvalue weighted by molar-refractivity contribution is 7.99. The summed E-state index contributed by atoms with van der Waals surface area (Å²) in [6.07, 6.45) is -1.69. The van der Waals surface area contributed by atoms with Gasteiger partial charge in [0.1, 0.15) is 17.3 Å². The smallest absolute Gasteiger partial charge is 0.134 e. The lowest BCUT2D eigenvalue weighted by molar-refractivity contribution is -0.195. The van der Waals surface area contributed by atoms with Crippen molar-refractivity contribution in [3.05, 3.63) is 60.2 Å². The fraction of sp³-hybridized carbons (Fsp3) is 0.429. The number of ether oxygens (including phenoxy) is 3. The molecule has 1 aliphatic rings. The molecule has 1 fully saturated rings. The summed E-state index contributed by atoms with van der Waals surface area (Å²) in [5.74, 6) is 0.627. The highest BCUT2D eigenvalue weighted by atomic mass is 32.2. The van der Waals surface area contributed by atoms with E-state index in [1.165, 1.54) is 0 Å². The van der Waals surface area contributed by atoms with Gasteiger partial charge in [0.2, 0.25) is 0 Å². The van der Waals surface area contributed by atoms with Crippen molar-refractivity contribution in [2.24, 2.45) is 5.92 Å². The van der Waals surface area contributed by atoms with Gasteiger partial charge < -0.3 is 24.4 Å². The van der Waals surface area contributed by atoms with Crippen LogP contribution in [0.15, 0.2) is 59.5 Å². The van der Waals surface area contributed by atoms with Gasteiger partial charge in [0, 0.05) is 10.8 Å². The Morgan fingerprint density at radius 1 is 1.07 bits per heavy atom. The van der Waals surface area contributed by atoms with E-state index in [1.54, 1.807) is 18.9 Å². The van der Waals surface area contributed by atoms with Gasteiger partial charge in [0.15, 0.2) is 0 Å². The van der Waals surface area contributed by atoms with Crippen molar-refractivity contribution in [3.8, 4) is 5.75 Å². The number of aliphatic hydroxyl groups is 2. The molecule has 1 saturated heterocycles. The van der Waals surface area contributed by atoms with Gasteiger partial charge in [-0.2, -0.15) is 0 Å². The molecule has 6 heteroatoms. The largest absolute Gasteiger partial charge is 0.497 e. The zero-order valence-electron chi connectivity index (χ0n) is 15.5. The van der Waals surface area contributed by atoms with Crippen molar-refractivity contribution >= 4 is 11.8 Å². The Morgan fingerprint density at radius 3 is 2.41 bits per heavy atom. The zero-order chi connectivity index (χ0) is 19.2. The van der Waals surface area contributed by atoms with Crippen LogP contribution in [0.2, 0.25) is 0 Å². The molecule has 5 nitrogen and oxygen atoms in total. The SMILES string of the molecule is COc1ccc(COC2[C@@H](C)[C@H](O)C(CO)O[C@H]2Sc2ccccc2)cc1. The molecular formula is C21H26O5S. The number of hydrogen-bond donors (Lipinski definition) is 2. The molecule has 0 radical (unpaired) electrons. The Balaban J connectivity index is 1.72. The fourth-order valence-electron chi connectivity index (χ4n) is 3.13. The maximum Gasteiger partial charge on any atom is 0.134 e. The monoisotopic (exact) mass is 390 g/mol. The third-order valence-electron chi connectivity index (χ3n) is 4.79. The van der Waals surface area contributed by atoms with E-state index in [2.05, 4.69) is 0 Å². The number of rotatable bonds is 7. The number of thioether (sulfide) groups is 1. The molecule has 0 saturated carbocycles. The topological polar surface area (TPSA) is 68.2 Å². The zero-order valence-corrected chi connectivity index (χ0v) is 16.3. The van der Waals surface area contributed by atoms with E-state index in [0.29, 0.717) is 6.61 Å². The molecule has 0 aliphatic carbocycles. The molecule has 27 heavy (non-hydrogen) atoms. The van der Waals surface area contributed by atoms with Crippen molar-refractivity contribution in [2.75, 3.05) is 13.7 Å².